The first-order valence-corrected chi connectivity index (χ1v) is 5.60. The Bertz CT molecular complexity index is 424. The molecule has 1 fully saturated rings. The lowest BCUT2D eigenvalue weighted by Crippen LogP contribution is -2.43. The third-order valence-electron chi connectivity index (χ3n) is 2.34. The molecule has 5 nitrogen and oxygen atoms in total. The largest absolute Gasteiger partial charge is 0.338 e. The van der Waals surface area contributed by atoms with Crippen molar-refractivity contribution in [1.82, 2.24) is 14.3 Å². The lowest BCUT2D eigenvalue weighted by Gasteiger charge is -2.31. The Morgan fingerprint density at radius 1 is 1.31 bits per heavy atom. The van der Waals surface area contributed by atoms with Gasteiger partial charge in [0.2, 0.25) is 5.95 Å². The van der Waals surface area contributed by atoms with E-state index in [9.17, 15) is 0 Å². The van der Waals surface area contributed by atoms with E-state index in [1.54, 1.807) is 0 Å². The fourth-order valence-corrected chi connectivity index (χ4v) is 1.86. The third kappa shape index (κ3) is 2.55. The number of hydrogen-bond acceptors (Lipinski definition) is 6. The molecule has 0 aliphatic carbocycles. The molecule has 1 aliphatic heterocycles. The van der Waals surface area contributed by atoms with Crippen LogP contribution in [0.5, 0.6) is 0 Å². The van der Waals surface area contributed by atoms with Gasteiger partial charge in [-0.25, -0.2) is 14.3 Å². The van der Waals surface area contributed by atoms with E-state index >= 15 is 0 Å². The van der Waals surface area contributed by atoms with Crippen LogP contribution in [0, 0.1) is 11.3 Å². The van der Waals surface area contributed by atoms with Gasteiger partial charge in [0.05, 0.1) is 0 Å². The van der Waals surface area contributed by atoms with Crippen molar-refractivity contribution in [3.8, 4) is 6.07 Å². The molecule has 84 valence electrons. The minimum atomic E-state index is 0.295. The van der Waals surface area contributed by atoms with E-state index in [1.165, 1.54) is 6.07 Å². The minimum Gasteiger partial charge on any atom is -0.338 e. The monoisotopic (exact) mass is 255 g/mol. The smallest absolute Gasteiger partial charge is 0.228 e. The van der Waals surface area contributed by atoms with E-state index in [4.69, 9.17) is 16.9 Å². The molecule has 0 aromatic carbocycles. The number of halogens is 1. The molecule has 1 saturated heterocycles. The summed E-state index contributed by atoms with van der Waals surface area (Å²) >= 11 is 10.1. The summed E-state index contributed by atoms with van der Waals surface area (Å²) in [5.41, 5.74) is 0.295. The van der Waals surface area contributed by atoms with Gasteiger partial charge in [0.1, 0.15) is 16.9 Å². The maximum atomic E-state index is 8.79. The number of anilines is 1. The second-order valence-electron chi connectivity index (χ2n) is 3.43. The van der Waals surface area contributed by atoms with E-state index in [1.807, 2.05) is 15.3 Å². The average Bonchev–Trinajstić information content (AvgIpc) is 2.29. The summed E-state index contributed by atoms with van der Waals surface area (Å²) in [6, 6.07) is 3.43. The molecule has 0 saturated carbocycles. The molecule has 0 amide bonds. The van der Waals surface area contributed by atoms with Gasteiger partial charge in [0, 0.05) is 32.2 Å². The van der Waals surface area contributed by atoms with Crippen LogP contribution in [0.25, 0.3) is 0 Å². The number of nitrogens with zero attached hydrogens (tertiary/aromatic N) is 5. The van der Waals surface area contributed by atoms with Gasteiger partial charge in [-0.3, -0.25) is 0 Å². The Labute approximate surface area is 104 Å². The van der Waals surface area contributed by atoms with Gasteiger partial charge >= 0.3 is 0 Å². The summed E-state index contributed by atoms with van der Waals surface area (Å²) in [5.74, 6) is 0.519. The zero-order valence-electron chi connectivity index (χ0n) is 8.47. The highest BCUT2D eigenvalue weighted by molar-refractivity contribution is 7.77. The molecule has 0 unspecified atom stereocenters. The second-order valence-corrected chi connectivity index (χ2v) is 4.38. The number of aromatic nitrogens is 2. The van der Waals surface area contributed by atoms with Gasteiger partial charge in [-0.05, 0) is 0 Å². The summed E-state index contributed by atoms with van der Waals surface area (Å²) in [5, 5.41) is 9.09. The fourth-order valence-electron chi connectivity index (χ4n) is 1.50. The molecule has 1 aromatic heterocycles. The van der Waals surface area contributed by atoms with Crippen molar-refractivity contribution in [3.63, 3.8) is 0 Å². The lowest BCUT2D eigenvalue weighted by atomic mass is 10.4. The number of piperazine rings is 1. The highest BCUT2D eigenvalue weighted by Crippen LogP contribution is 2.16. The number of hydrogen-bond donors (Lipinski definition) is 1. The highest BCUT2D eigenvalue weighted by atomic mass is 35.5. The summed E-state index contributed by atoms with van der Waals surface area (Å²) in [6.07, 6.45) is 0. The summed E-state index contributed by atoms with van der Waals surface area (Å²) < 4.78 is 1.94. The van der Waals surface area contributed by atoms with Crippen LogP contribution in [0.2, 0.25) is 5.15 Å². The van der Waals surface area contributed by atoms with E-state index in [-0.39, 0.29) is 0 Å². The lowest BCUT2D eigenvalue weighted by molar-refractivity contribution is 0.431. The first kappa shape index (κ1) is 11.5. The van der Waals surface area contributed by atoms with Crippen molar-refractivity contribution in [2.45, 2.75) is 0 Å². The van der Waals surface area contributed by atoms with Crippen LogP contribution in [0.4, 0.5) is 5.95 Å². The van der Waals surface area contributed by atoms with Gasteiger partial charge in [-0.15, -0.1) is 0 Å². The molecule has 1 aromatic rings. The maximum Gasteiger partial charge on any atom is 0.228 e. The van der Waals surface area contributed by atoms with Crippen molar-refractivity contribution in [2.75, 3.05) is 31.1 Å². The zero-order chi connectivity index (χ0) is 11.5. The van der Waals surface area contributed by atoms with Crippen LogP contribution < -0.4 is 4.90 Å². The quantitative estimate of drug-likeness (QED) is 0.599. The predicted octanol–water partition coefficient (Wildman–Crippen LogP) is 0.968. The van der Waals surface area contributed by atoms with Crippen LogP contribution in [-0.2, 0) is 0 Å². The standard InChI is InChI=1S/C9H10ClN5S/c10-8-5-7(6-11)12-9(13-8)14-1-3-15(16)4-2-14/h5,16H,1-4H2. The molecule has 0 atom stereocenters. The number of nitriles is 1. The Kier molecular flexibility index (Phi) is 3.49. The first-order chi connectivity index (χ1) is 7.69. The molecule has 0 spiro atoms. The van der Waals surface area contributed by atoms with Crippen LogP contribution in [0.15, 0.2) is 6.07 Å². The average molecular weight is 256 g/mol. The SMILES string of the molecule is N#Cc1cc(Cl)nc(N2CCN(S)CC2)n1. The van der Waals surface area contributed by atoms with E-state index < -0.39 is 0 Å². The Morgan fingerprint density at radius 2 is 2.00 bits per heavy atom. The Balaban J connectivity index is 2.20. The molecule has 7 heteroatoms. The molecule has 0 radical (unpaired) electrons. The second kappa shape index (κ2) is 4.87. The van der Waals surface area contributed by atoms with E-state index in [0.29, 0.717) is 16.8 Å². The van der Waals surface area contributed by atoms with Crippen molar-refractivity contribution < 1.29 is 0 Å². The predicted molar refractivity (Wildman–Crippen MR) is 64.5 cm³/mol. The van der Waals surface area contributed by atoms with Gasteiger partial charge in [0.25, 0.3) is 0 Å². The number of rotatable bonds is 1. The first-order valence-electron chi connectivity index (χ1n) is 4.82. The van der Waals surface area contributed by atoms with Crippen molar-refractivity contribution in [3.05, 3.63) is 16.9 Å². The Hall–Kier alpha value is -1.03. The van der Waals surface area contributed by atoms with E-state index in [2.05, 4.69) is 22.8 Å². The minimum absolute atomic E-state index is 0.295. The summed E-state index contributed by atoms with van der Waals surface area (Å²) in [7, 11) is 0. The molecular weight excluding hydrogens is 246 g/mol. The maximum absolute atomic E-state index is 8.79. The third-order valence-corrected chi connectivity index (χ3v) is 2.93. The van der Waals surface area contributed by atoms with Crippen molar-refractivity contribution >= 4 is 30.4 Å². The molecule has 2 heterocycles. The van der Waals surface area contributed by atoms with Crippen LogP contribution in [0.1, 0.15) is 5.69 Å². The summed E-state index contributed by atoms with van der Waals surface area (Å²) in [6.45, 7) is 3.24. The molecule has 16 heavy (non-hydrogen) atoms. The Morgan fingerprint density at radius 3 is 2.62 bits per heavy atom. The highest BCUT2D eigenvalue weighted by Gasteiger charge is 2.17. The molecular formula is C9H10ClN5S. The normalized spacial score (nSPS) is 17.2. The molecule has 2 rings (SSSR count). The van der Waals surface area contributed by atoms with Crippen LogP contribution in [0.3, 0.4) is 0 Å². The fraction of sp³-hybridized carbons (Fsp3) is 0.444. The van der Waals surface area contributed by atoms with Crippen molar-refractivity contribution in [2.24, 2.45) is 0 Å². The zero-order valence-corrected chi connectivity index (χ0v) is 10.1. The van der Waals surface area contributed by atoms with Crippen LogP contribution >= 0.6 is 24.4 Å². The van der Waals surface area contributed by atoms with Gasteiger partial charge < -0.3 is 4.90 Å². The van der Waals surface area contributed by atoms with E-state index in [0.717, 1.165) is 26.2 Å². The molecule has 0 bridgehead atoms. The summed E-state index contributed by atoms with van der Waals surface area (Å²) in [4.78, 5) is 10.2. The van der Waals surface area contributed by atoms with Gasteiger partial charge in [0.15, 0.2) is 0 Å². The van der Waals surface area contributed by atoms with Gasteiger partial charge in [-0.2, -0.15) is 5.26 Å². The molecule has 1 aliphatic rings. The van der Waals surface area contributed by atoms with Crippen LogP contribution in [-0.4, -0.2) is 40.5 Å². The van der Waals surface area contributed by atoms with Crippen molar-refractivity contribution in [1.29, 1.82) is 5.26 Å². The molecule has 0 N–H and O–H groups in total. The van der Waals surface area contributed by atoms with Gasteiger partial charge in [-0.1, -0.05) is 24.4 Å². The topological polar surface area (TPSA) is 56.1 Å². The number of thiol groups is 1.